The summed E-state index contributed by atoms with van der Waals surface area (Å²) in [6.07, 6.45) is 1.02. The average Bonchev–Trinajstić information content (AvgIpc) is 2.74. The topological polar surface area (TPSA) is 72.6 Å². The monoisotopic (exact) mass is 294 g/mol. The molecule has 0 radical (unpaired) electrons. The third kappa shape index (κ3) is 4.16. The van der Waals surface area contributed by atoms with Gasteiger partial charge in [0.25, 0.3) is 5.91 Å². The number of carbonyl (C=O) groups is 2. The van der Waals surface area contributed by atoms with Crippen LogP contribution >= 0.6 is 11.8 Å². The molecule has 1 aromatic rings. The van der Waals surface area contributed by atoms with Crippen LogP contribution in [-0.4, -0.2) is 47.9 Å². The van der Waals surface area contributed by atoms with Crippen molar-refractivity contribution in [3.05, 3.63) is 29.8 Å². The largest absolute Gasteiger partial charge is 0.484 e. The fourth-order valence-electron chi connectivity index (χ4n) is 1.97. The van der Waals surface area contributed by atoms with Crippen LogP contribution in [0.15, 0.2) is 24.3 Å². The van der Waals surface area contributed by atoms with E-state index in [0.29, 0.717) is 11.3 Å². The molecule has 0 unspecified atom stereocenters. The van der Waals surface area contributed by atoms with Crippen molar-refractivity contribution in [2.24, 2.45) is 5.73 Å². The molecule has 5 nitrogen and oxygen atoms in total. The predicted molar refractivity (Wildman–Crippen MR) is 79.0 cm³/mol. The van der Waals surface area contributed by atoms with Crippen LogP contribution in [0.3, 0.4) is 0 Å². The molecule has 2 rings (SSSR count). The summed E-state index contributed by atoms with van der Waals surface area (Å²) in [5.41, 5.74) is 5.58. The lowest BCUT2D eigenvalue weighted by Gasteiger charge is -2.20. The van der Waals surface area contributed by atoms with Crippen molar-refractivity contribution < 1.29 is 14.3 Å². The minimum absolute atomic E-state index is 0.00706. The number of thioether (sulfide) groups is 1. The standard InChI is InChI=1S/C14H18N2O3S/c15-14(18)11-3-1-4-12(9-11)19-10-13(17)16-5-2-7-20-8-6-16/h1,3-4,9H,2,5-8,10H2,(H2,15,18). The molecule has 0 saturated carbocycles. The summed E-state index contributed by atoms with van der Waals surface area (Å²) in [5, 5.41) is 0. The van der Waals surface area contributed by atoms with Crippen LogP contribution in [0.1, 0.15) is 16.8 Å². The number of nitrogens with zero attached hydrogens (tertiary/aromatic N) is 1. The Hall–Kier alpha value is -1.69. The molecule has 6 heteroatoms. The minimum Gasteiger partial charge on any atom is -0.484 e. The van der Waals surface area contributed by atoms with E-state index in [-0.39, 0.29) is 12.5 Å². The normalized spacial score (nSPS) is 15.5. The lowest BCUT2D eigenvalue weighted by molar-refractivity contribution is -0.133. The van der Waals surface area contributed by atoms with Crippen LogP contribution in [0.25, 0.3) is 0 Å². The Kier molecular flexibility index (Phi) is 5.29. The number of primary amides is 1. The number of nitrogens with two attached hydrogens (primary N) is 1. The van der Waals surface area contributed by atoms with E-state index in [0.717, 1.165) is 31.0 Å². The van der Waals surface area contributed by atoms with Gasteiger partial charge in [0.2, 0.25) is 5.91 Å². The number of benzene rings is 1. The summed E-state index contributed by atoms with van der Waals surface area (Å²) < 4.78 is 5.45. The summed E-state index contributed by atoms with van der Waals surface area (Å²) in [4.78, 5) is 24.9. The highest BCUT2D eigenvalue weighted by Gasteiger charge is 2.16. The molecule has 108 valence electrons. The van der Waals surface area contributed by atoms with Gasteiger partial charge in [-0.1, -0.05) is 6.07 Å². The molecule has 2 N–H and O–H groups in total. The SMILES string of the molecule is NC(=O)c1cccc(OCC(=O)N2CCCSCC2)c1. The Morgan fingerprint density at radius 3 is 2.95 bits per heavy atom. The van der Waals surface area contributed by atoms with E-state index in [4.69, 9.17) is 10.5 Å². The van der Waals surface area contributed by atoms with E-state index in [1.54, 1.807) is 24.3 Å². The molecular weight excluding hydrogens is 276 g/mol. The smallest absolute Gasteiger partial charge is 0.260 e. The summed E-state index contributed by atoms with van der Waals surface area (Å²) >= 11 is 1.87. The molecule has 1 saturated heterocycles. The first-order chi connectivity index (χ1) is 9.66. The van der Waals surface area contributed by atoms with Gasteiger partial charge in [-0.05, 0) is 30.4 Å². The van der Waals surface area contributed by atoms with Crippen molar-refractivity contribution in [3.8, 4) is 5.75 Å². The highest BCUT2D eigenvalue weighted by Crippen LogP contribution is 2.14. The Morgan fingerprint density at radius 2 is 2.15 bits per heavy atom. The van der Waals surface area contributed by atoms with Gasteiger partial charge >= 0.3 is 0 Å². The van der Waals surface area contributed by atoms with Gasteiger partial charge in [-0.25, -0.2) is 0 Å². The van der Waals surface area contributed by atoms with Gasteiger partial charge in [-0.3, -0.25) is 9.59 Å². The fraction of sp³-hybridized carbons (Fsp3) is 0.429. The van der Waals surface area contributed by atoms with Gasteiger partial charge in [0.1, 0.15) is 5.75 Å². The van der Waals surface area contributed by atoms with Crippen molar-refractivity contribution in [2.75, 3.05) is 31.2 Å². The zero-order chi connectivity index (χ0) is 14.4. The van der Waals surface area contributed by atoms with Crippen LogP contribution < -0.4 is 10.5 Å². The second-order valence-corrected chi connectivity index (χ2v) is 5.75. The first kappa shape index (κ1) is 14.7. The Balaban J connectivity index is 1.89. The molecule has 2 amide bonds. The number of amides is 2. The zero-order valence-corrected chi connectivity index (χ0v) is 12.0. The maximum absolute atomic E-state index is 12.0. The van der Waals surface area contributed by atoms with Gasteiger partial charge in [0.05, 0.1) is 0 Å². The predicted octanol–water partition coefficient (Wildman–Crippen LogP) is 1.13. The summed E-state index contributed by atoms with van der Waals surface area (Å²) in [6, 6.07) is 6.55. The molecule has 1 aliphatic rings. The lowest BCUT2D eigenvalue weighted by Crippen LogP contribution is -2.36. The van der Waals surface area contributed by atoms with Crippen LogP contribution in [0, 0.1) is 0 Å². The van der Waals surface area contributed by atoms with E-state index in [1.807, 2.05) is 16.7 Å². The summed E-state index contributed by atoms with van der Waals surface area (Å²) in [5.74, 6) is 2.04. The molecular formula is C14H18N2O3S. The van der Waals surface area contributed by atoms with Gasteiger partial charge in [0, 0.05) is 24.4 Å². The zero-order valence-electron chi connectivity index (χ0n) is 11.2. The third-order valence-electron chi connectivity index (χ3n) is 3.06. The molecule has 1 heterocycles. The summed E-state index contributed by atoms with van der Waals surface area (Å²) in [7, 11) is 0. The van der Waals surface area contributed by atoms with Crippen LogP contribution in [0.5, 0.6) is 5.75 Å². The van der Waals surface area contributed by atoms with Gasteiger partial charge in [0.15, 0.2) is 6.61 Å². The molecule has 0 spiro atoms. The Labute approximate surface area is 122 Å². The molecule has 0 bridgehead atoms. The molecule has 1 fully saturated rings. The van der Waals surface area contributed by atoms with Gasteiger partial charge in [-0.2, -0.15) is 11.8 Å². The van der Waals surface area contributed by atoms with Crippen molar-refractivity contribution in [1.29, 1.82) is 0 Å². The first-order valence-electron chi connectivity index (χ1n) is 6.55. The number of hydrogen-bond donors (Lipinski definition) is 1. The van der Waals surface area contributed by atoms with Gasteiger partial charge < -0.3 is 15.4 Å². The molecule has 1 aromatic carbocycles. The number of ether oxygens (including phenoxy) is 1. The highest BCUT2D eigenvalue weighted by atomic mass is 32.2. The second-order valence-electron chi connectivity index (χ2n) is 4.53. The van der Waals surface area contributed by atoms with Crippen molar-refractivity contribution in [2.45, 2.75) is 6.42 Å². The Morgan fingerprint density at radius 1 is 1.30 bits per heavy atom. The van der Waals surface area contributed by atoms with Crippen LogP contribution in [0.2, 0.25) is 0 Å². The van der Waals surface area contributed by atoms with E-state index in [2.05, 4.69) is 0 Å². The van der Waals surface area contributed by atoms with E-state index >= 15 is 0 Å². The quantitative estimate of drug-likeness (QED) is 0.903. The van der Waals surface area contributed by atoms with E-state index in [1.165, 1.54) is 0 Å². The molecule has 0 aliphatic carbocycles. The fourth-order valence-corrected chi connectivity index (χ4v) is 2.86. The van der Waals surface area contributed by atoms with Crippen molar-refractivity contribution in [1.82, 2.24) is 4.90 Å². The van der Waals surface area contributed by atoms with E-state index < -0.39 is 5.91 Å². The van der Waals surface area contributed by atoms with Crippen molar-refractivity contribution in [3.63, 3.8) is 0 Å². The van der Waals surface area contributed by atoms with Crippen molar-refractivity contribution >= 4 is 23.6 Å². The average molecular weight is 294 g/mol. The second kappa shape index (κ2) is 7.19. The summed E-state index contributed by atoms with van der Waals surface area (Å²) in [6.45, 7) is 1.55. The minimum atomic E-state index is -0.508. The number of carbonyl (C=O) groups excluding carboxylic acids is 2. The molecule has 0 aromatic heterocycles. The maximum Gasteiger partial charge on any atom is 0.260 e. The lowest BCUT2D eigenvalue weighted by atomic mass is 10.2. The first-order valence-corrected chi connectivity index (χ1v) is 7.70. The van der Waals surface area contributed by atoms with E-state index in [9.17, 15) is 9.59 Å². The van der Waals surface area contributed by atoms with Gasteiger partial charge in [-0.15, -0.1) is 0 Å². The third-order valence-corrected chi connectivity index (χ3v) is 4.10. The van der Waals surface area contributed by atoms with Crippen LogP contribution in [0.4, 0.5) is 0 Å². The molecule has 1 aliphatic heterocycles. The molecule has 20 heavy (non-hydrogen) atoms. The number of hydrogen-bond acceptors (Lipinski definition) is 4. The molecule has 0 atom stereocenters. The van der Waals surface area contributed by atoms with Crippen LogP contribution in [-0.2, 0) is 4.79 Å². The highest BCUT2D eigenvalue weighted by molar-refractivity contribution is 7.99. The Bertz CT molecular complexity index is 485. The number of rotatable bonds is 4. The maximum atomic E-state index is 12.0.